The Kier molecular flexibility index (Phi) is 5.42. The zero-order valence-electron chi connectivity index (χ0n) is 12.1. The molecule has 0 radical (unpaired) electrons. The first-order valence-corrected chi connectivity index (χ1v) is 7.10. The Balaban J connectivity index is 1.85. The number of furan rings is 1. The van der Waals surface area contributed by atoms with Crippen molar-refractivity contribution >= 4 is 17.6 Å². The second-order valence-electron chi connectivity index (χ2n) is 4.91. The van der Waals surface area contributed by atoms with Crippen molar-refractivity contribution in [3.8, 4) is 0 Å². The fourth-order valence-corrected chi connectivity index (χ4v) is 2.28. The number of carbonyl (C=O) groups is 1. The Morgan fingerprint density at radius 2 is 2.24 bits per heavy atom. The highest BCUT2D eigenvalue weighted by molar-refractivity contribution is 6.30. The van der Waals surface area contributed by atoms with Crippen molar-refractivity contribution in [1.29, 1.82) is 0 Å². The molecule has 0 spiro atoms. The Bertz CT molecular complexity index is 609. The van der Waals surface area contributed by atoms with E-state index in [4.69, 9.17) is 16.0 Å². The maximum Gasteiger partial charge on any atom is 0.341 e. The second-order valence-corrected chi connectivity index (χ2v) is 5.35. The molecule has 1 atom stereocenters. The van der Waals surface area contributed by atoms with Crippen molar-refractivity contribution in [3.63, 3.8) is 0 Å². The van der Waals surface area contributed by atoms with Gasteiger partial charge in [0.25, 0.3) is 0 Å². The molecule has 1 N–H and O–H groups in total. The first kappa shape index (κ1) is 15.6. The third-order valence-corrected chi connectivity index (χ3v) is 3.37. The van der Waals surface area contributed by atoms with Crippen molar-refractivity contribution < 1.29 is 13.9 Å². The van der Waals surface area contributed by atoms with E-state index in [2.05, 4.69) is 17.0 Å². The SMILES string of the molecule is COC(=O)c1coc(CNC(C)Cc2cccc(Cl)c2)c1. The van der Waals surface area contributed by atoms with E-state index in [0.717, 1.165) is 11.4 Å². The lowest BCUT2D eigenvalue weighted by molar-refractivity contribution is 0.0600. The van der Waals surface area contributed by atoms with Crippen molar-refractivity contribution in [2.45, 2.75) is 25.9 Å². The van der Waals surface area contributed by atoms with Crippen molar-refractivity contribution in [3.05, 3.63) is 58.5 Å². The molecule has 2 rings (SSSR count). The van der Waals surface area contributed by atoms with E-state index < -0.39 is 5.97 Å². The van der Waals surface area contributed by atoms with Gasteiger partial charge in [0.1, 0.15) is 12.0 Å². The molecule has 0 aliphatic heterocycles. The molecule has 1 aromatic carbocycles. The number of hydrogen-bond donors (Lipinski definition) is 1. The lowest BCUT2D eigenvalue weighted by atomic mass is 10.1. The number of carbonyl (C=O) groups excluding carboxylic acids is 1. The van der Waals surface area contributed by atoms with Gasteiger partial charge in [-0.05, 0) is 37.1 Å². The summed E-state index contributed by atoms with van der Waals surface area (Å²) in [4.78, 5) is 11.3. The summed E-state index contributed by atoms with van der Waals surface area (Å²) in [6.45, 7) is 2.64. The van der Waals surface area contributed by atoms with E-state index in [-0.39, 0.29) is 6.04 Å². The quantitative estimate of drug-likeness (QED) is 0.831. The van der Waals surface area contributed by atoms with Crippen molar-refractivity contribution in [1.82, 2.24) is 5.32 Å². The predicted octanol–water partition coefficient (Wildman–Crippen LogP) is 3.44. The Morgan fingerprint density at radius 3 is 2.95 bits per heavy atom. The van der Waals surface area contributed by atoms with E-state index in [0.29, 0.717) is 17.9 Å². The van der Waals surface area contributed by atoms with Crippen molar-refractivity contribution in [2.24, 2.45) is 0 Å². The summed E-state index contributed by atoms with van der Waals surface area (Å²) in [6.07, 6.45) is 2.27. The van der Waals surface area contributed by atoms with Gasteiger partial charge in [0.2, 0.25) is 0 Å². The van der Waals surface area contributed by atoms with Crippen LogP contribution < -0.4 is 5.32 Å². The minimum absolute atomic E-state index is 0.259. The fourth-order valence-electron chi connectivity index (χ4n) is 2.06. The smallest absolute Gasteiger partial charge is 0.341 e. The number of nitrogens with one attached hydrogen (secondary N) is 1. The van der Waals surface area contributed by atoms with E-state index in [1.54, 1.807) is 6.07 Å². The maximum absolute atomic E-state index is 11.3. The van der Waals surface area contributed by atoms with Gasteiger partial charge >= 0.3 is 5.97 Å². The third kappa shape index (κ3) is 4.62. The van der Waals surface area contributed by atoms with Gasteiger partial charge in [-0.15, -0.1) is 0 Å². The van der Waals surface area contributed by atoms with Crippen LogP contribution in [0.1, 0.15) is 28.6 Å². The molecule has 2 aromatic rings. The van der Waals surface area contributed by atoms with Crippen LogP contribution in [0.3, 0.4) is 0 Å². The van der Waals surface area contributed by atoms with Gasteiger partial charge in [0.05, 0.1) is 19.2 Å². The summed E-state index contributed by atoms with van der Waals surface area (Å²) in [5.41, 5.74) is 1.61. The molecule has 0 fully saturated rings. The molecule has 1 aromatic heterocycles. The Hall–Kier alpha value is -1.78. The van der Waals surface area contributed by atoms with Gasteiger partial charge in [-0.2, -0.15) is 0 Å². The first-order valence-electron chi connectivity index (χ1n) is 6.72. The maximum atomic E-state index is 11.3. The van der Waals surface area contributed by atoms with Crippen LogP contribution in [0.2, 0.25) is 5.02 Å². The standard InChI is InChI=1S/C16H18ClNO3/c1-11(6-12-4-3-5-14(17)7-12)18-9-15-8-13(10-21-15)16(19)20-2/h3-5,7-8,10-11,18H,6,9H2,1-2H3. The lowest BCUT2D eigenvalue weighted by Crippen LogP contribution is -2.27. The summed E-state index contributed by atoms with van der Waals surface area (Å²) < 4.78 is 9.96. The monoisotopic (exact) mass is 307 g/mol. The van der Waals surface area contributed by atoms with Gasteiger partial charge in [-0.3, -0.25) is 0 Å². The molecule has 0 saturated heterocycles. The number of halogens is 1. The molecule has 4 nitrogen and oxygen atoms in total. The van der Waals surface area contributed by atoms with E-state index in [9.17, 15) is 4.79 Å². The Morgan fingerprint density at radius 1 is 1.43 bits per heavy atom. The van der Waals surface area contributed by atoms with Crippen LogP contribution in [0.4, 0.5) is 0 Å². The highest BCUT2D eigenvalue weighted by Gasteiger charge is 2.11. The normalized spacial score (nSPS) is 12.1. The summed E-state index contributed by atoms with van der Waals surface area (Å²) in [5.74, 6) is 0.310. The summed E-state index contributed by atoms with van der Waals surface area (Å²) in [7, 11) is 1.35. The third-order valence-electron chi connectivity index (χ3n) is 3.13. The molecule has 0 amide bonds. The first-order chi connectivity index (χ1) is 10.1. The molecular weight excluding hydrogens is 290 g/mol. The summed E-state index contributed by atoms with van der Waals surface area (Å²) in [5, 5.41) is 4.09. The van der Waals surface area contributed by atoms with Gasteiger partial charge in [0, 0.05) is 11.1 Å². The molecule has 1 heterocycles. The fraction of sp³-hybridized carbons (Fsp3) is 0.312. The molecule has 0 saturated carbocycles. The zero-order chi connectivity index (χ0) is 15.2. The molecule has 5 heteroatoms. The van der Waals surface area contributed by atoms with Crippen LogP contribution in [0, 0.1) is 0 Å². The number of benzene rings is 1. The number of methoxy groups -OCH3 is 1. The summed E-state index contributed by atoms with van der Waals surface area (Å²) in [6, 6.07) is 9.76. The van der Waals surface area contributed by atoms with Gasteiger partial charge < -0.3 is 14.5 Å². The van der Waals surface area contributed by atoms with Gasteiger partial charge in [0.15, 0.2) is 0 Å². The van der Waals surface area contributed by atoms with E-state index in [1.165, 1.54) is 18.9 Å². The zero-order valence-corrected chi connectivity index (χ0v) is 12.8. The number of hydrogen-bond acceptors (Lipinski definition) is 4. The number of ether oxygens (including phenoxy) is 1. The topological polar surface area (TPSA) is 51.5 Å². The lowest BCUT2D eigenvalue weighted by Gasteiger charge is -2.13. The average Bonchev–Trinajstić information content (AvgIpc) is 2.93. The van der Waals surface area contributed by atoms with Crippen LogP contribution in [-0.2, 0) is 17.7 Å². The number of esters is 1. The molecule has 112 valence electrons. The largest absolute Gasteiger partial charge is 0.467 e. The van der Waals surface area contributed by atoms with Crippen molar-refractivity contribution in [2.75, 3.05) is 7.11 Å². The van der Waals surface area contributed by atoms with Crippen LogP contribution in [0.25, 0.3) is 0 Å². The van der Waals surface area contributed by atoms with Gasteiger partial charge in [-0.25, -0.2) is 4.79 Å². The highest BCUT2D eigenvalue weighted by atomic mass is 35.5. The van der Waals surface area contributed by atoms with Crippen LogP contribution in [0.15, 0.2) is 41.0 Å². The van der Waals surface area contributed by atoms with Crippen LogP contribution in [-0.4, -0.2) is 19.1 Å². The molecule has 1 unspecified atom stereocenters. The van der Waals surface area contributed by atoms with E-state index >= 15 is 0 Å². The van der Waals surface area contributed by atoms with Crippen LogP contribution >= 0.6 is 11.6 Å². The molecular formula is C16H18ClNO3. The minimum Gasteiger partial charge on any atom is -0.467 e. The highest BCUT2D eigenvalue weighted by Crippen LogP contribution is 2.13. The van der Waals surface area contributed by atoms with Crippen LogP contribution in [0.5, 0.6) is 0 Å². The Labute approximate surface area is 129 Å². The predicted molar refractivity (Wildman–Crippen MR) is 81.5 cm³/mol. The molecule has 0 aliphatic rings. The molecule has 0 bridgehead atoms. The molecule has 21 heavy (non-hydrogen) atoms. The summed E-state index contributed by atoms with van der Waals surface area (Å²) >= 11 is 5.97. The average molecular weight is 308 g/mol. The van der Waals surface area contributed by atoms with Gasteiger partial charge in [-0.1, -0.05) is 23.7 Å². The number of rotatable bonds is 6. The van der Waals surface area contributed by atoms with E-state index in [1.807, 2.05) is 24.3 Å². The second kappa shape index (κ2) is 7.29. The molecule has 0 aliphatic carbocycles. The minimum atomic E-state index is -0.392.